The molecule has 2 aromatic rings. The molecule has 6 heteroatoms. The summed E-state index contributed by atoms with van der Waals surface area (Å²) in [5, 5.41) is 7.97. The minimum atomic E-state index is 0.799. The van der Waals surface area contributed by atoms with Crippen molar-refractivity contribution >= 4 is 16.9 Å². The lowest BCUT2D eigenvalue weighted by atomic mass is 9.96. The fourth-order valence-corrected chi connectivity index (χ4v) is 2.85. The van der Waals surface area contributed by atoms with Crippen LogP contribution in [0.1, 0.15) is 12.8 Å². The lowest BCUT2D eigenvalue weighted by Gasteiger charge is -2.34. The number of hydrogen-bond donors (Lipinski definition) is 1. The quantitative estimate of drug-likeness (QED) is 0.896. The topological polar surface area (TPSA) is 60.9 Å². The summed E-state index contributed by atoms with van der Waals surface area (Å²) in [6.07, 6.45) is 5.88. The predicted molar refractivity (Wildman–Crippen MR) is 75.2 cm³/mol. The summed E-state index contributed by atoms with van der Waals surface area (Å²) in [4.78, 5) is 13.3. The Morgan fingerprint density at radius 2 is 2.11 bits per heavy atom. The summed E-state index contributed by atoms with van der Waals surface area (Å²) < 4.78 is 0. The molecular formula is C13H20N6. The van der Waals surface area contributed by atoms with Gasteiger partial charge in [0.15, 0.2) is 5.65 Å². The van der Waals surface area contributed by atoms with Gasteiger partial charge in [-0.05, 0) is 32.9 Å². The zero-order valence-electron chi connectivity index (χ0n) is 11.5. The van der Waals surface area contributed by atoms with E-state index in [9.17, 15) is 0 Å². The molecular weight excluding hydrogens is 240 g/mol. The second-order valence-electron chi connectivity index (χ2n) is 5.52. The van der Waals surface area contributed by atoms with E-state index in [1.807, 2.05) is 6.20 Å². The molecule has 1 aliphatic rings. The number of fused-ring (bicyclic) bond motifs is 1. The summed E-state index contributed by atoms with van der Waals surface area (Å²) in [6.45, 7) is 3.31. The third-order valence-electron chi connectivity index (χ3n) is 3.76. The van der Waals surface area contributed by atoms with Crippen molar-refractivity contribution in [1.82, 2.24) is 25.1 Å². The Balaban J connectivity index is 1.73. The molecule has 3 rings (SSSR count). The highest BCUT2D eigenvalue weighted by atomic mass is 15.2. The van der Waals surface area contributed by atoms with Crippen LogP contribution in [0.15, 0.2) is 12.5 Å². The maximum absolute atomic E-state index is 4.43. The van der Waals surface area contributed by atoms with Crippen LogP contribution in [-0.4, -0.2) is 58.8 Å². The van der Waals surface area contributed by atoms with Crippen molar-refractivity contribution in [2.45, 2.75) is 12.8 Å². The Kier molecular flexibility index (Phi) is 3.33. The third kappa shape index (κ3) is 2.53. The average molecular weight is 260 g/mol. The lowest BCUT2D eigenvalue weighted by Crippen LogP contribution is -2.37. The fourth-order valence-electron chi connectivity index (χ4n) is 2.85. The first kappa shape index (κ1) is 12.3. The molecule has 0 bridgehead atoms. The van der Waals surface area contributed by atoms with Crippen LogP contribution in [0.5, 0.6) is 0 Å². The van der Waals surface area contributed by atoms with Crippen LogP contribution in [0, 0.1) is 5.92 Å². The molecule has 1 fully saturated rings. The van der Waals surface area contributed by atoms with Gasteiger partial charge in [0.25, 0.3) is 0 Å². The first-order chi connectivity index (χ1) is 9.24. The average Bonchev–Trinajstić information content (AvgIpc) is 2.87. The fraction of sp³-hybridized carbons (Fsp3) is 0.615. The van der Waals surface area contributed by atoms with Crippen LogP contribution in [0.3, 0.4) is 0 Å². The van der Waals surface area contributed by atoms with Gasteiger partial charge >= 0.3 is 0 Å². The summed E-state index contributed by atoms with van der Waals surface area (Å²) in [5.41, 5.74) is 0.820. The summed E-state index contributed by atoms with van der Waals surface area (Å²) in [6, 6.07) is 0. The Hall–Kier alpha value is -1.69. The smallest absolute Gasteiger partial charge is 0.160 e. The summed E-state index contributed by atoms with van der Waals surface area (Å²) >= 11 is 0. The summed E-state index contributed by atoms with van der Waals surface area (Å²) in [5.74, 6) is 1.81. The molecule has 6 nitrogen and oxygen atoms in total. The van der Waals surface area contributed by atoms with Crippen LogP contribution < -0.4 is 4.90 Å². The molecule has 0 aliphatic carbocycles. The molecule has 0 spiro atoms. The van der Waals surface area contributed by atoms with Crippen LogP contribution in [0.2, 0.25) is 0 Å². The van der Waals surface area contributed by atoms with Gasteiger partial charge in [-0.15, -0.1) is 0 Å². The van der Waals surface area contributed by atoms with Crippen molar-refractivity contribution in [2.75, 3.05) is 38.6 Å². The Morgan fingerprint density at radius 1 is 1.32 bits per heavy atom. The normalized spacial score (nSPS) is 17.5. The molecule has 1 aliphatic heterocycles. The highest BCUT2D eigenvalue weighted by Crippen LogP contribution is 2.26. The maximum atomic E-state index is 4.43. The standard InChI is InChI=1S/C13H20N6/c1-18(2)8-10-3-5-19(6-4-10)13-11-7-16-17-12(11)14-9-15-13/h7,9-10H,3-6,8H2,1-2H3,(H,14,15,16,17). The highest BCUT2D eigenvalue weighted by Gasteiger charge is 2.22. The van der Waals surface area contributed by atoms with Crippen LogP contribution in [-0.2, 0) is 0 Å². The molecule has 0 aromatic carbocycles. The minimum Gasteiger partial charge on any atom is -0.356 e. The van der Waals surface area contributed by atoms with Crippen LogP contribution >= 0.6 is 0 Å². The van der Waals surface area contributed by atoms with Gasteiger partial charge in [-0.25, -0.2) is 9.97 Å². The Bertz CT molecular complexity index is 541. The molecule has 1 N–H and O–H groups in total. The van der Waals surface area contributed by atoms with Gasteiger partial charge in [0.1, 0.15) is 12.1 Å². The molecule has 1 saturated heterocycles. The van der Waals surface area contributed by atoms with E-state index in [1.54, 1.807) is 6.33 Å². The molecule has 0 atom stereocenters. The van der Waals surface area contributed by atoms with Crippen molar-refractivity contribution < 1.29 is 0 Å². The van der Waals surface area contributed by atoms with Crippen molar-refractivity contribution in [3.63, 3.8) is 0 Å². The first-order valence-corrected chi connectivity index (χ1v) is 6.78. The van der Waals surface area contributed by atoms with E-state index < -0.39 is 0 Å². The molecule has 0 amide bonds. The number of H-pyrrole nitrogens is 1. The van der Waals surface area contributed by atoms with Crippen molar-refractivity contribution in [1.29, 1.82) is 0 Å². The molecule has 102 valence electrons. The van der Waals surface area contributed by atoms with Gasteiger partial charge in [-0.3, -0.25) is 5.10 Å². The van der Waals surface area contributed by atoms with E-state index in [-0.39, 0.29) is 0 Å². The van der Waals surface area contributed by atoms with E-state index in [0.29, 0.717) is 0 Å². The van der Waals surface area contributed by atoms with Gasteiger partial charge < -0.3 is 9.80 Å². The second-order valence-corrected chi connectivity index (χ2v) is 5.52. The summed E-state index contributed by atoms with van der Waals surface area (Å²) in [7, 11) is 4.29. The van der Waals surface area contributed by atoms with Gasteiger partial charge in [0, 0.05) is 19.6 Å². The van der Waals surface area contributed by atoms with Gasteiger partial charge in [-0.2, -0.15) is 5.10 Å². The van der Waals surface area contributed by atoms with E-state index in [0.717, 1.165) is 35.9 Å². The number of hydrogen-bond acceptors (Lipinski definition) is 5. The number of rotatable bonds is 3. The zero-order valence-corrected chi connectivity index (χ0v) is 11.5. The number of aromatic nitrogens is 4. The van der Waals surface area contributed by atoms with E-state index in [4.69, 9.17) is 0 Å². The molecule has 0 radical (unpaired) electrons. The number of anilines is 1. The number of nitrogens with zero attached hydrogens (tertiary/aromatic N) is 5. The molecule has 2 aromatic heterocycles. The van der Waals surface area contributed by atoms with Crippen molar-refractivity contribution in [2.24, 2.45) is 5.92 Å². The number of piperidine rings is 1. The van der Waals surface area contributed by atoms with Crippen LogP contribution in [0.25, 0.3) is 11.0 Å². The number of nitrogens with one attached hydrogen (secondary N) is 1. The molecule has 3 heterocycles. The van der Waals surface area contributed by atoms with Gasteiger partial charge in [0.05, 0.1) is 11.6 Å². The van der Waals surface area contributed by atoms with Gasteiger partial charge in [0.2, 0.25) is 0 Å². The van der Waals surface area contributed by atoms with Crippen molar-refractivity contribution in [3.05, 3.63) is 12.5 Å². The van der Waals surface area contributed by atoms with E-state index in [1.165, 1.54) is 19.4 Å². The molecule has 19 heavy (non-hydrogen) atoms. The minimum absolute atomic E-state index is 0.799. The third-order valence-corrected chi connectivity index (χ3v) is 3.76. The zero-order chi connectivity index (χ0) is 13.2. The first-order valence-electron chi connectivity index (χ1n) is 6.78. The van der Waals surface area contributed by atoms with Crippen molar-refractivity contribution in [3.8, 4) is 0 Å². The number of aromatic amines is 1. The van der Waals surface area contributed by atoms with E-state index in [2.05, 4.69) is 44.1 Å². The predicted octanol–water partition coefficient (Wildman–Crippen LogP) is 1.13. The highest BCUT2D eigenvalue weighted by molar-refractivity contribution is 5.86. The SMILES string of the molecule is CN(C)CC1CCN(c2ncnc3[nH]ncc23)CC1. The Labute approximate surface area is 112 Å². The Morgan fingerprint density at radius 3 is 2.84 bits per heavy atom. The molecule has 0 unspecified atom stereocenters. The van der Waals surface area contributed by atoms with E-state index >= 15 is 0 Å². The monoisotopic (exact) mass is 260 g/mol. The van der Waals surface area contributed by atoms with Gasteiger partial charge in [-0.1, -0.05) is 0 Å². The van der Waals surface area contributed by atoms with Crippen LogP contribution in [0.4, 0.5) is 5.82 Å². The maximum Gasteiger partial charge on any atom is 0.160 e. The largest absolute Gasteiger partial charge is 0.356 e. The second kappa shape index (κ2) is 5.13. The molecule has 0 saturated carbocycles. The lowest BCUT2D eigenvalue weighted by molar-refractivity contribution is 0.285.